The van der Waals surface area contributed by atoms with Gasteiger partial charge in [0.25, 0.3) is 0 Å². The molecule has 0 aliphatic rings. The van der Waals surface area contributed by atoms with Crippen LogP contribution in [0.3, 0.4) is 0 Å². The number of urea groups is 1. The molecule has 0 aliphatic heterocycles. The van der Waals surface area contributed by atoms with Crippen molar-refractivity contribution in [2.45, 2.75) is 30.9 Å². The summed E-state index contributed by atoms with van der Waals surface area (Å²) in [5, 5.41) is 2.70. The Morgan fingerprint density at radius 1 is 1.10 bits per heavy atom. The molecule has 2 aromatic rings. The highest BCUT2D eigenvalue weighted by Gasteiger charge is 2.40. The molecule has 156 valence electrons. The van der Waals surface area contributed by atoms with Crippen LogP contribution in [-0.4, -0.2) is 29.0 Å². The van der Waals surface area contributed by atoms with Gasteiger partial charge >= 0.3 is 12.1 Å². The second-order valence-corrected chi connectivity index (χ2v) is 7.46. The number of benzene rings is 2. The van der Waals surface area contributed by atoms with E-state index in [0.717, 1.165) is 0 Å². The van der Waals surface area contributed by atoms with Gasteiger partial charge in [-0.2, -0.15) is 13.8 Å². The van der Waals surface area contributed by atoms with Crippen LogP contribution in [0.15, 0.2) is 53.5 Å². The van der Waals surface area contributed by atoms with Gasteiger partial charge in [-0.1, -0.05) is 59.1 Å². The molecule has 29 heavy (non-hydrogen) atoms. The molecule has 2 amide bonds. The largest absolute Gasteiger partial charge is 0.474 e. The maximum Gasteiger partial charge on any atom is 0.428 e. The number of alkyl halides is 4. The summed E-state index contributed by atoms with van der Waals surface area (Å²) in [7, 11) is 0. The number of carbonyl (C=O) groups excluding carboxylic acids is 1. The third kappa shape index (κ3) is 6.73. The van der Waals surface area contributed by atoms with Gasteiger partial charge < -0.3 is 14.8 Å². The van der Waals surface area contributed by atoms with Crippen molar-refractivity contribution in [3.05, 3.63) is 59.1 Å². The smallest absolute Gasteiger partial charge is 0.428 e. The standard InChI is InChI=1S/C19H17Cl3F2N2O3/c1-11(2)28-16(12-7-3-4-8-13(12)20)26-18(27)25-14-9-5-6-10-15(14)29-19(23,24)17(21)22/h3-11,17H,1-2H3,(H,25,27)/b26-16-. The van der Waals surface area contributed by atoms with E-state index < -0.39 is 17.0 Å². The maximum atomic E-state index is 13.7. The highest BCUT2D eigenvalue weighted by molar-refractivity contribution is 6.44. The predicted molar refractivity (Wildman–Crippen MR) is 111 cm³/mol. The van der Waals surface area contributed by atoms with Crippen LogP contribution in [0, 0.1) is 0 Å². The molecule has 0 spiro atoms. The molecule has 0 atom stereocenters. The van der Waals surface area contributed by atoms with Gasteiger partial charge in [-0.05, 0) is 38.1 Å². The van der Waals surface area contributed by atoms with Gasteiger partial charge in [-0.15, -0.1) is 0 Å². The summed E-state index contributed by atoms with van der Waals surface area (Å²) in [5.41, 5.74) is 0.346. The summed E-state index contributed by atoms with van der Waals surface area (Å²) in [5.74, 6) is -0.357. The first kappa shape index (κ1) is 23.2. The number of hydrogen-bond donors (Lipinski definition) is 1. The molecule has 0 fully saturated rings. The monoisotopic (exact) mass is 464 g/mol. The third-order valence-corrected chi connectivity index (χ3v) is 4.12. The topological polar surface area (TPSA) is 59.9 Å². The fourth-order valence-corrected chi connectivity index (χ4v) is 2.40. The number of carbonyl (C=O) groups is 1. The van der Waals surface area contributed by atoms with Gasteiger partial charge in [0.05, 0.1) is 22.4 Å². The van der Waals surface area contributed by atoms with Crippen molar-refractivity contribution in [3.8, 4) is 5.75 Å². The molecule has 5 nitrogen and oxygen atoms in total. The van der Waals surface area contributed by atoms with Crippen LogP contribution >= 0.6 is 34.8 Å². The molecule has 0 saturated heterocycles. The summed E-state index contributed by atoms with van der Waals surface area (Å²) in [6.45, 7) is 3.51. The van der Waals surface area contributed by atoms with Crippen LogP contribution in [-0.2, 0) is 4.74 Å². The minimum Gasteiger partial charge on any atom is -0.474 e. The molecule has 0 heterocycles. The van der Waals surface area contributed by atoms with Crippen LogP contribution in [0.4, 0.5) is 19.3 Å². The van der Waals surface area contributed by atoms with Gasteiger partial charge in [0.15, 0.2) is 0 Å². The maximum absolute atomic E-state index is 13.7. The van der Waals surface area contributed by atoms with Crippen molar-refractivity contribution < 1.29 is 23.0 Å². The number of ether oxygens (including phenoxy) is 2. The predicted octanol–water partition coefficient (Wildman–Crippen LogP) is 6.52. The Bertz CT molecular complexity index is 893. The Morgan fingerprint density at radius 3 is 2.34 bits per heavy atom. The first-order valence-electron chi connectivity index (χ1n) is 8.35. The lowest BCUT2D eigenvalue weighted by atomic mass is 10.2. The third-order valence-electron chi connectivity index (χ3n) is 3.28. The normalized spacial score (nSPS) is 12.2. The van der Waals surface area contributed by atoms with Gasteiger partial charge in [0, 0.05) is 0 Å². The minimum absolute atomic E-state index is 0.0200. The van der Waals surface area contributed by atoms with E-state index in [4.69, 9.17) is 39.5 Å². The lowest BCUT2D eigenvalue weighted by Crippen LogP contribution is -2.32. The zero-order valence-corrected chi connectivity index (χ0v) is 17.6. The average molecular weight is 466 g/mol. The van der Waals surface area contributed by atoms with E-state index in [-0.39, 0.29) is 23.4 Å². The quantitative estimate of drug-likeness (QED) is 0.300. The van der Waals surface area contributed by atoms with Crippen LogP contribution in [0.5, 0.6) is 5.75 Å². The first-order valence-corrected chi connectivity index (χ1v) is 9.60. The van der Waals surface area contributed by atoms with E-state index in [2.05, 4.69) is 15.0 Å². The number of halogens is 5. The molecular formula is C19H17Cl3F2N2O3. The molecule has 0 unspecified atom stereocenters. The summed E-state index contributed by atoms with van der Waals surface area (Å²) in [4.78, 5) is 14.2. The summed E-state index contributed by atoms with van der Waals surface area (Å²) in [6, 6.07) is 11.3. The Balaban J connectivity index is 2.30. The number of para-hydroxylation sites is 2. The molecule has 0 aliphatic carbocycles. The van der Waals surface area contributed by atoms with Crippen LogP contribution in [0.1, 0.15) is 19.4 Å². The number of rotatable bonds is 6. The number of anilines is 1. The second kappa shape index (κ2) is 10.1. The fraction of sp³-hybridized carbons (Fsp3) is 0.263. The highest BCUT2D eigenvalue weighted by atomic mass is 35.5. The van der Waals surface area contributed by atoms with E-state index >= 15 is 0 Å². The lowest BCUT2D eigenvalue weighted by Gasteiger charge is -2.20. The highest BCUT2D eigenvalue weighted by Crippen LogP contribution is 2.34. The molecule has 0 bridgehead atoms. The number of aliphatic imine (C=N–C) groups is 1. The lowest BCUT2D eigenvalue weighted by molar-refractivity contribution is -0.163. The molecule has 0 radical (unpaired) electrons. The Labute approximate surface area is 181 Å². The molecule has 1 N–H and O–H groups in total. The number of hydrogen-bond acceptors (Lipinski definition) is 3. The van der Waals surface area contributed by atoms with Crippen molar-refractivity contribution in [1.29, 1.82) is 0 Å². The average Bonchev–Trinajstić information content (AvgIpc) is 2.62. The number of nitrogens with one attached hydrogen (secondary N) is 1. The summed E-state index contributed by atoms with van der Waals surface area (Å²) >= 11 is 16.6. The zero-order chi connectivity index (χ0) is 21.6. The number of nitrogens with zero attached hydrogens (tertiary/aromatic N) is 1. The van der Waals surface area contributed by atoms with Crippen molar-refractivity contribution in [3.63, 3.8) is 0 Å². The van der Waals surface area contributed by atoms with E-state index in [1.54, 1.807) is 38.1 Å². The fourth-order valence-electron chi connectivity index (χ4n) is 2.09. The van der Waals surface area contributed by atoms with Crippen LogP contribution in [0.2, 0.25) is 5.02 Å². The van der Waals surface area contributed by atoms with E-state index in [0.29, 0.717) is 10.6 Å². The first-order chi connectivity index (χ1) is 13.6. The second-order valence-electron chi connectivity index (χ2n) is 5.95. The minimum atomic E-state index is -3.86. The summed E-state index contributed by atoms with van der Waals surface area (Å²) < 4.78 is 37.6. The van der Waals surface area contributed by atoms with Gasteiger partial charge in [-0.25, -0.2) is 4.79 Å². The van der Waals surface area contributed by atoms with Crippen molar-refractivity contribution >= 4 is 52.4 Å². The molecule has 2 aromatic carbocycles. The SMILES string of the molecule is CC(C)O/C(=N\C(=O)Nc1ccccc1OC(F)(F)C(Cl)Cl)c1ccccc1Cl. The van der Waals surface area contributed by atoms with Crippen molar-refractivity contribution in [2.75, 3.05) is 5.32 Å². The zero-order valence-electron chi connectivity index (χ0n) is 15.3. The summed E-state index contributed by atoms with van der Waals surface area (Å²) in [6.07, 6.45) is -4.16. The van der Waals surface area contributed by atoms with Crippen LogP contribution < -0.4 is 10.1 Å². The van der Waals surface area contributed by atoms with E-state index in [9.17, 15) is 13.6 Å². The van der Waals surface area contributed by atoms with E-state index in [1.165, 1.54) is 24.3 Å². The molecule has 10 heteroatoms. The Kier molecular flexibility index (Phi) is 8.07. The molecule has 0 aromatic heterocycles. The van der Waals surface area contributed by atoms with Crippen molar-refractivity contribution in [2.24, 2.45) is 4.99 Å². The van der Waals surface area contributed by atoms with Crippen LogP contribution in [0.25, 0.3) is 0 Å². The molecular weight excluding hydrogens is 449 g/mol. The van der Waals surface area contributed by atoms with Gasteiger partial charge in [-0.3, -0.25) is 0 Å². The van der Waals surface area contributed by atoms with E-state index in [1.807, 2.05) is 0 Å². The molecule has 2 rings (SSSR count). The Morgan fingerprint density at radius 2 is 1.72 bits per heavy atom. The molecule has 0 saturated carbocycles. The van der Waals surface area contributed by atoms with Crippen molar-refractivity contribution in [1.82, 2.24) is 0 Å². The number of amides is 2. The Hall–Kier alpha value is -2.09. The van der Waals surface area contributed by atoms with Gasteiger partial charge in [0.1, 0.15) is 5.75 Å². The van der Waals surface area contributed by atoms with Gasteiger partial charge in [0.2, 0.25) is 10.7 Å².